The fourth-order valence-corrected chi connectivity index (χ4v) is 1.76. The summed E-state index contributed by atoms with van der Waals surface area (Å²) in [6.45, 7) is 9.15. The molecule has 4 heteroatoms. The van der Waals surface area contributed by atoms with Crippen LogP contribution in [0.1, 0.15) is 32.8 Å². The van der Waals surface area contributed by atoms with Gasteiger partial charge in [-0.05, 0) is 18.9 Å². The second kappa shape index (κ2) is 5.49. The number of nitrogens with two attached hydrogens (primary N) is 1. The third-order valence-corrected chi connectivity index (χ3v) is 2.34. The van der Waals surface area contributed by atoms with E-state index in [4.69, 9.17) is 5.73 Å². The molecule has 0 unspecified atom stereocenters. The van der Waals surface area contributed by atoms with Crippen LogP contribution in [0.3, 0.4) is 0 Å². The van der Waals surface area contributed by atoms with Crippen molar-refractivity contribution < 1.29 is 0 Å². The summed E-state index contributed by atoms with van der Waals surface area (Å²) in [5.41, 5.74) is 7.89. The van der Waals surface area contributed by atoms with Gasteiger partial charge in [-0.2, -0.15) is 0 Å². The van der Waals surface area contributed by atoms with Gasteiger partial charge in [0, 0.05) is 12.7 Å². The average molecular weight is 220 g/mol. The molecule has 0 saturated carbocycles. The van der Waals surface area contributed by atoms with Crippen molar-refractivity contribution in [1.82, 2.24) is 14.5 Å². The first-order valence-corrected chi connectivity index (χ1v) is 5.80. The maximum Gasteiger partial charge on any atom is 0.145 e. The molecule has 88 valence electrons. The molecule has 0 aliphatic carbocycles. The van der Waals surface area contributed by atoms with E-state index in [-0.39, 0.29) is 0 Å². The van der Waals surface area contributed by atoms with Crippen LogP contribution in [0.4, 0.5) is 5.82 Å². The number of anilines is 1. The summed E-state index contributed by atoms with van der Waals surface area (Å²) in [5.74, 6) is 0.572. The Morgan fingerprint density at radius 2 is 2.00 bits per heavy atom. The molecule has 2 N–H and O–H groups in total. The summed E-state index contributed by atoms with van der Waals surface area (Å²) in [6.07, 6.45) is 4.69. The zero-order valence-electron chi connectivity index (χ0n) is 10.5. The number of hydrogen-bond donors (Lipinski definition) is 1. The monoisotopic (exact) mass is 220 g/mol. The maximum absolute atomic E-state index is 5.80. The molecule has 0 saturated heterocycles. The first-order chi connectivity index (χ1) is 7.74. The van der Waals surface area contributed by atoms with E-state index >= 15 is 0 Å². The van der Waals surface area contributed by atoms with Crippen LogP contribution in [0.25, 0.3) is 11.0 Å². The molecule has 0 atom stereocenters. The highest BCUT2D eigenvalue weighted by Gasteiger charge is 2.09. The van der Waals surface area contributed by atoms with E-state index in [2.05, 4.69) is 27.7 Å². The molecule has 2 heterocycles. The van der Waals surface area contributed by atoms with Gasteiger partial charge in [0.05, 0.1) is 5.39 Å². The van der Waals surface area contributed by atoms with Crippen molar-refractivity contribution in [3.63, 3.8) is 0 Å². The van der Waals surface area contributed by atoms with Crippen LogP contribution in [0.5, 0.6) is 0 Å². The summed E-state index contributed by atoms with van der Waals surface area (Å²) in [6, 6.07) is 0. The maximum atomic E-state index is 5.80. The average Bonchev–Trinajstić information content (AvgIpc) is 2.61. The van der Waals surface area contributed by atoms with Gasteiger partial charge in [0.1, 0.15) is 17.8 Å². The Morgan fingerprint density at radius 1 is 1.31 bits per heavy atom. The van der Waals surface area contributed by atoms with Crippen molar-refractivity contribution in [3.8, 4) is 0 Å². The lowest BCUT2D eigenvalue weighted by Crippen LogP contribution is -1.98. The van der Waals surface area contributed by atoms with Gasteiger partial charge >= 0.3 is 0 Å². The molecule has 2 rings (SSSR count). The van der Waals surface area contributed by atoms with Crippen molar-refractivity contribution in [3.05, 3.63) is 18.1 Å². The molecule has 16 heavy (non-hydrogen) atoms. The smallest absolute Gasteiger partial charge is 0.145 e. The minimum atomic E-state index is 0.572. The Hall–Kier alpha value is -1.58. The molecule has 0 bridgehead atoms. The number of fused-ring (bicyclic) bond motifs is 1. The van der Waals surface area contributed by atoms with Crippen LogP contribution in [0, 0.1) is 6.92 Å². The van der Waals surface area contributed by atoms with Crippen LogP contribution in [0.2, 0.25) is 0 Å². The topological polar surface area (TPSA) is 56.7 Å². The van der Waals surface area contributed by atoms with Crippen LogP contribution in [0.15, 0.2) is 12.5 Å². The van der Waals surface area contributed by atoms with Crippen LogP contribution >= 0.6 is 0 Å². The van der Waals surface area contributed by atoms with E-state index in [1.54, 1.807) is 0 Å². The Balaban J connectivity index is 0.000000606. The zero-order valence-corrected chi connectivity index (χ0v) is 10.5. The van der Waals surface area contributed by atoms with Crippen LogP contribution in [-0.2, 0) is 6.54 Å². The third kappa shape index (κ3) is 2.15. The summed E-state index contributed by atoms with van der Waals surface area (Å²) in [4.78, 5) is 8.25. The summed E-state index contributed by atoms with van der Waals surface area (Å²) >= 11 is 0. The van der Waals surface area contributed by atoms with Gasteiger partial charge in [0.25, 0.3) is 0 Å². The van der Waals surface area contributed by atoms with Gasteiger partial charge < -0.3 is 10.3 Å². The molecule has 2 aromatic rings. The molecule has 4 nitrogen and oxygen atoms in total. The highest BCUT2D eigenvalue weighted by atomic mass is 15.1. The Morgan fingerprint density at radius 3 is 2.62 bits per heavy atom. The van der Waals surface area contributed by atoms with E-state index in [9.17, 15) is 0 Å². The van der Waals surface area contributed by atoms with Crippen molar-refractivity contribution in [1.29, 1.82) is 0 Å². The molecular formula is C12H20N4. The molecule has 0 aliphatic rings. The lowest BCUT2D eigenvalue weighted by Gasteiger charge is -2.01. The second-order valence-electron chi connectivity index (χ2n) is 3.46. The minimum Gasteiger partial charge on any atom is -0.383 e. The van der Waals surface area contributed by atoms with Gasteiger partial charge in [-0.1, -0.05) is 20.8 Å². The van der Waals surface area contributed by atoms with E-state index < -0.39 is 0 Å². The van der Waals surface area contributed by atoms with E-state index in [1.165, 1.54) is 6.33 Å². The first kappa shape index (κ1) is 12.5. The predicted octanol–water partition coefficient (Wildman–Crippen LogP) is 2.76. The zero-order chi connectivity index (χ0) is 12.1. The van der Waals surface area contributed by atoms with Gasteiger partial charge in [0.15, 0.2) is 0 Å². The molecule has 2 aromatic heterocycles. The SMILES string of the molecule is CC.CCCn1cc(C)c2c(N)ncnc21. The third-order valence-electron chi connectivity index (χ3n) is 2.34. The van der Waals surface area contributed by atoms with Crippen LogP contribution in [-0.4, -0.2) is 14.5 Å². The van der Waals surface area contributed by atoms with Gasteiger partial charge in [-0.3, -0.25) is 0 Å². The predicted molar refractivity (Wildman–Crippen MR) is 68.3 cm³/mol. The molecule has 0 aromatic carbocycles. The van der Waals surface area contributed by atoms with Gasteiger partial charge in [-0.25, -0.2) is 9.97 Å². The number of nitrogen functional groups attached to an aromatic ring is 1. The normalized spacial score (nSPS) is 10.0. The number of rotatable bonds is 2. The first-order valence-electron chi connectivity index (χ1n) is 5.80. The number of nitrogens with zero attached hydrogens (tertiary/aromatic N) is 3. The number of aryl methyl sites for hydroxylation is 2. The number of aromatic nitrogens is 3. The standard InChI is InChI=1S/C10H14N4.C2H6/c1-3-4-14-5-7(2)8-9(11)12-6-13-10(8)14;1-2/h5-6H,3-4H2,1-2H3,(H2,11,12,13);1-2H3. The largest absolute Gasteiger partial charge is 0.383 e. The van der Waals surface area contributed by atoms with E-state index in [0.29, 0.717) is 5.82 Å². The lowest BCUT2D eigenvalue weighted by molar-refractivity contribution is 0.696. The van der Waals surface area contributed by atoms with Crippen molar-refractivity contribution in [2.45, 2.75) is 40.7 Å². The lowest BCUT2D eigenvalue weighted by atomic mass is 10.2. The number of hydrogen-bond acceptors (Lipinski definition) is 3. The van der Waals surface area contributed by atoms with E-state index in [1.807, 2.05) is 20.8 Å². The minimum absolute atomic E-state index is 0.572. The molecule has 0 radical (unpaired) electrons. The van der Waals surface area contributed by atoms with Crippen molar-refractivity contribution in [2.75, 3.05) is 5.73 Å². The Labute approximate surface area is 96.5 Å². The second-order valence-corrected chi connectivity index (χ2v) is 3.46. The highest BCUT2D eigenvalue weighted by molar-refractivity contribution is 5.89. The summed E-state index contributed by atoms with van der Waals surface area (Å²) in [7, 11) is 0. The molecule has 0 aliphatic heterocycles. The fraction of sp³-hybridized carbons (Fsp3) is 0.500. The Bertz CT molecular complexity index is 459. The molecule has 0 spiro atoms. The van der Waals surface area contributed by atoms with Gasteiger partial charge in [0.2, 0.25) is 0 Å². The summed E-state index contributed by atoms with van der Waals surface area (Å²) in [5, 5.41) is 0.987. The highest BCUT2D eigenvalue weighted by Crippen LogP contribution is 2.22. The molecular weight excluding hydrogens is 200 g/mol. The molecule has 0 fully saturated rings. The molecule has 0 amide bonds. The Kier molecular flexibility index (Phi) is 4.28. The van der Waals surface area contributed by atoms with Crippen molar-refractivity contribution >= 4 is 16.9 Å². The van der Waals surface area contributed by atoms with Gasteiger partial charge in [-0.15, -0.1) is 0 Å². The van der Waals surface area contributed by atoms with Crippen LogP contribution < -0.4 is 5.73 Å². The summed E-state index contributed by atoms with van der Waals surface area (Å²) < 4.78 is 2.13. The van der Waals surface area contributed by atoms with E-state index in [0.717, 1.165) is 29.6 Å². The fourth-order valence-electron chi connectivity index (χ4n) is 1.76. The quantitative estimate of drug-likeness (QED) is 0.846. The van der Waals surface area contributed by atoms with Crippen molar-refractivity contribution in [2.24, 2.45) is 0 Å².